The van der Waals surface area contributed by atoms with Crippen LogP contribution in [0.4, 0.5) is 8.78 Å². The van der Waals surface area contributed by atoms with Crippen molar-refractivity contribution in [3.8, 4) is 11.8 Å². The molecule has 0 bridgehead atoms. The van der Waals surface area contributed by atoms with Gasteiger partial charge >= 0.3 is 0 Å². The van der Waals surface area contributed by atoms with Crippen molar-refractivity contribution in [1.29, 1.82) is 0 Å². The fourth-order valence-corrected chi connectivity index (χ4v) is 2.49. The van der Waals surface area contributed by atoms with E-state index in [4.69, 9.17) is 0 Å². The third kappa shape index (κ3) is 4.80. The van der Waals surface area contributed by atoms with Crippen LogP contribution in [0, 0.1) is 11.8 Å². The largest absolute Gasteiger partial charge is 0.212 e. The SMILES string of the molecule is CCCCc1ccc(C#Cc2ccc(/C(F)=C\F)cc2CC)cc1. The van der Waals surface area contributed by atoms with Crippen LogP contribution in [0.25, 0.3) is 5.83 Å². The Morgan fingerprint density at radius 2 is 1.79 bits per heavy atom. The Hall–Kier alpha value is -2.40. The van der Waals surface area contributed by atoms with E-state index in [1.54, 1.807) is 18.2 Å². The Bertz CT molecular complexity index is 759. The van der Waals surface area contributed by atoms with Gasteiger partial charge in [0, 0.05) is 16.7 Å². The zero-order valence-electron chi connectivity index (χ0n) is 14.2. The summed E-state index contributed by atoms with van der Waals surface area (Å²) in [5, 5.41) is 0. The summed E-state index contributed by atoms with van der Waals surface area (Å²) in [7, 11) is 0. The molecule has 0 radical (unpaired) electrons. The summed E-state index contributed by atoms with van der Waals surface area (Å²) in [6, 6.07) is 13.3. The summed E-state index contributed by atoms with van der Waals surface area (Å²) >= 11 is 0. The van der Waals surface area contributed by atoms with Crippen molar-refractivity contribution in [3.63, 3.8) is 0 Å². The summed E-state index contributed by atoms with van der Waals surface area (Å²) < 4.78 is 25.7. The van der Waals surface area contributed by atoms with E-state index in [2.05, 4.69) is 30.9 Å². The molecule has 0 amide bonds. The predicted molar refractivity (Wildman–Crippen MR) is 97.0 cm³/mol. The van der Waals surface area contributed by atoms with E-state index in [1.165, 1.54) is 18.4 Å². The Morgan fingerprint density at radius 1 is 1.04 bits per heavy atom. The average molecular weight is 324 g/mol. The van der Waals surface area contributed by atoms with Gasteiger partial charge in [0.1, 0.15) is 6.33 Å². The van der Waals surface area contributed by atoms with Crippen LogP contribution < -0.4 is 0 Å². The van der Waals surface area contributed by atoms with E-state index in [-0.39, 0.29) is 11.9 Å². The maximum Gasteiger partial charge on any atom is 0.158 e. The smallest absolute Gasteiger partial charge is 0.158 e. The first-order chi connectivity index (χ1) is 11.7. The molecule has 2 aromatic rings. The topological polar surface area (TPSA) is 0 Å². The molecule has 2 heteroatoms. The zero-order valence-corrected chi connectivity index (χ0v) is 14.2. The molecular weight excluding hydrogens is 302 g/mol. The summed E-state index contributed by atoms with van der Waals surface area (Å²) in [5.74, 6) is 5.44. The van der Waals surface area contributed by atoms with E-state index in [1.807, 2.05) is 19.1 Å². The Labute approximate surface area is 143 Å². The fraction of sp³-hybridized carbons (Fsp3) is 0.273. The lowest BCUT2D eigenvalue weighted by Gasteiger charge is -2.04. The quantitative estimate of drug-likeness (QED) is 0.572. The fourth-order valence-electron chi connectivity index (χ4n) is 2.49. The molecule has 124 valence electrons. The van der Waals surface area contributed by atoms with Gasteiger partial charge < -0.3 is 0 Å². The molecule has 0 aliphatic heterocycles. The highest BCUT2D eigenvalue weighted by molar-refractivity contribution is 5.61. The van der Waals surface area contributed by atoms with Gasteiger partial charge in [-0.2, -0.15) is 0 Å². The number of hydrogen-bond donors (Lipinski definition) is 0. The van der Waals surface area contributed by atoms with E-state index in [9.17, 15) is 8.78 Å². The van der Waals surface area contributed by atoms with Crippen molar-refractivity contribution in [2.75, 3.05) is 0 Å². The second-order valence-corrected chi connectivity index (χ2v) is 5.73. The second-order valence-electron chi connectivity index (χ2n) is 5.73. The van der Waals surface area contributed by atoms with Gasteiger partial charge in [0.05, 0.1) is 0 Å². The van der Waals surface area contributed by atoms with Crippen LogP contribution >= 0.6 is 0 Å². The van der Waals surface area contributed by atoms with Crippen LogP contribution in [0.15, 0.2) is 48.8 Å². The maximum atomic E-state index is 13.3. The minimum atomic E-state index is -0.855. The van der Waals surface area contributed by atoms with Gasteiger partial charge in [-0.15, -0.1) is 0 Å². The molecule has 0 N–H and O–H groups in total. The molecular formula is C22H22F2. The normalized spacial score (nSPS) is 11.1. The monoisotopic (exact) mass is 324 g/mol. The number of unbranched alkanes of at least 4 members (excludes halogenated alkanes) is 1. The van der Waals surface area contributed by atoms with Gasteiger partial charge in [0.15, 0.2) is 5.83 Å². The summed E-state index contributed by atoms with van der Waals surface area (Å²) in [5.41, 5.74) is 4.30. The average Bonchev–Trinajstić information content (AvgIpc) is 2.64. The molecule has 0 nitrogen and oxygen atoms in total. The minimum absolute atomic E-state index is 0.0137. The molecule has 0 aliphatic rings. The molecule has 0 saturated heterocycles. The van der Waals surface area contributed by atoms with Crippen molar-refractivity contribution in [2.24, 2.45) is 0 Å². The Kier molecular flexibility index (Phi) is 6.75. The highest BCUT2D eigenvalue weighted by Crippen LogP contribution is 2.20. The van der Waals surface area contributed by atoms with E-state index >= 15 is 0 Å². The number of halogens is 2. The molecule has 0 heterocycles. The number of hydrogen-bond acceptors (Lipinski definition) is 0. The molecule has 0 saturated carbocycles. The first-order valence-corrected chi connectivity index (χ1v) is 8.38. The Balaban J connectivity index is 2.20. The van der Waals surface area contributed by atoms with Crippen LogP contribution in [-0.4, -0.2) is 0 Å². The van der Waals surface area contributed by atoms with Crippen LogP contribution in [0.2, 0.25) is 0 Å². The van der Waals surface area contributed by atoms with Gasteiger partial charge in [-0.1, -0.05) is 50.3 Å². The van der Waals surface area contributed by atoms with Gasteiger partial charge in [-0.25, -0.2) is 8.78 Å². The van der Waals surface area contributed by atoms with Crippen molar-refractivity contribution < 1.29 is 8.78 Å². The molecule has 0 unspecified atom stereocenters. The molecule has 0 spiro atoms. The molecule has 24 heavy (non-hydrogen) atoms. The second kappa shape index (κ2) is 9.03. The lowest BCUT2D eigenvalue weighted by atomic mass is 10.0. The van der Waals surface area contributed by atoms with Crippen LogP contribution in [0.1, 0.15) is 54.5 Å². The lowest BCUT2D eigenvalue weighted by Crippen LogP contribution is -1.90. The molecule has 0 atom stereocenters. The molecule has 0 fully saturated rings. The summed E-state index contributed by atoms with van der Waals surface area (Å²) in [6.45, 7) is 4.16. The summed E-state index contributed by atoms with van der Waals surface area (Å²) in [6.07, 6.45) is 4.18. The first kappa shape index (κ1) is 17.9. The molecule has 0 aromatic heterocycles. The third-order valence-corrected chi connectivity index (χ3v) is 3.97. The van der Waals surface area contributed by atoms with Crippen LogP contribution in [0.3, 0.4) is 0 Å². The van der Waals surface area contributed by atoms with Crippen LogP contribution in [0.5, 0.6) is 0 Å². The standard InChI is InChI=1S/C22H22F2/c1-3-5-6-17-7-9-18(10-8-17)11-12-20-13-14-21(22(24)16-23)15-19(20)4-2/h7-10,13-16H,3-6H2,1-2H3/b22-16+. The first-order valence-electron chi connectivity index (χ1n) is 8.38. The van der Waals surface area contributed by atoms with Crippen molar-refractivity contribution in [3.05, 3.63) is 76.6 Å². The van der Waals surface area contributed by atoms with E-state index < -0.39 is 5.83 Å². The summed E-state index contributed by atoms with van der Waals surface area (Å²) in [4.78, 5) is 0. The molecule has 2 aromatic carbocycles. The number of rotatable bonds is 5. The Morgan fingerprint density at radius 3 is 2.42 bits per heavy atom. The van der Waals surface area contributed by atoms with Gasteiger partial charge in [-0.05, 0) is 54.7 Å². The number of benzene rings is 2. The highest BCUT2D eigenvalue weighted by Gasteiger charge is 2.04. The van der Waals surface area contributed by atoms with E-state index in [0.717, 1.165) is 23.1 Å². The van der Waals surface area contributed by atoms with Crippen molar-refractivity contribution >= 4 is 5.83 Å². The lowest BCUT2D eigenvalue weighted by molar-refractivity contribution is 0.671. The molecule has 0 aliphatic carbocycles. The highest BCUT2D eigenvalue weighted by atomic mass is 19.2. The van der Waals surface area contributed by atoms with Crippen molar-refractivity contribution in [1.82, 2.24) is 0 Å². The van der Waals surface area contributed by atoms with Gasteiger partial charge in [0.25, 0.3) is 0 Å². The van der Waals surface area contributed by atoms with Gasteiger partial charge in [-0.3, -0.25) is 0 Å². The van der Waals surface area contributed by atoms with E-state index in [0.29, 0.717) is 6.42 Å². The zero-order chi connectivity index (χ0) is 17.4. The minimum Gasteiger partial charge on any atom is -0.212 e. The van der Waals surface area contributed by atoms with Gasteiger partial charge in [0.2, 0.25) is 0 Å². The third-order valence-electron chi connectivity index (χ3n) is 3.97. The maximum absolute atomic E-state index is 13.3. The number of aryl methyl sites for hydroxylation is 2. The molecule has 2 rings (SSSR count). The van der Waals surface area contributed by atoms with Crippen molar-refractivity contribution in [2.45, 2.75) is 39.5 Å². The predicted octanol–water partition coefficient (Wildman–Crippen LogP) is 6.23. The van der Waals surface area contributed by atoms with Crippen LogP contribution in [-0.2, 0) is 12.8 Å².